The standard InChI is InChI=1S/C22H26Cl2N2O4S/c1-2-30-19-5-3-4-16(12-19)14-25-22(27)18-8-10-26(11-9-18)31(28,29)15-17-6-7-20(23)21(24)13-17/h3-7,12-13,18H,2,8-11,14-15H2,1H3,(H,25,27). The van der Waals surface area contributed by atoms with E-state index in [1.54, 1.807) is 18.2 Å². The highest BCUT2D eigenvalue weighted by molar-refractivity contribution is 7.88. The van der Waals surface area contributed by atoms with Crippen molar-refractivity contribution < 1.29 is 17.9 Å². The van der Waals surface area contributed by atoms with Gasteiger partial charge in [0.1, 0.15) is 5.75 Å². The van der Waals surface area contributed by atoms with Crippen LogP contribution in [0.25, 0.3) is 0 Å². The highest BCUT2D eigenvalue weighted by Crippen LogP contribution is 2.26. The third kappa shape index (κ3) is 6.59. The summed E-state index contributed by atoms with van der Waals surface area (Å²) in [4.78, 5) is 12.6. The Balaban J connectivity index is 1.50. The molecule has 1 aliphatic rings. The van der Waals surface area contributed by atoms with Gasteiger partial charge < -0.3 is 10.1 Å². The molecule has 0 saturated carbocycles. The molecule has 0 spiro atoms. The molecule has 1 aliphatic heterocycles. The van der Waals surface area contributed by atoms with Gasteiger partial charge in [-0.15, -0.1) is 0 Å². The second-order valence-electron chi connectivity index (χ2n) is 7.48. The molecular formula is C22H26Cl2N2O4S. The number of piperidine rings is 1. The Hall–Kier alpha value is -1.80. The number of nitrogens with one attached hydrogen (secondary N) is 1. The van der Waals surface area contributed by atoms with E-state index in [0.717, 1.165) is 11.3 Å². The minimum Gasteiger partial charge on any atom is -0.494 e. The lowest BCUT2D eigenvalue weighted by atomic mass is 9.97. The van der Waals surface area contributed by atoms with Crippen molar-refractivity contribution in [3.63, 3.8) is 0 Å². The molecule has 0 aliphatic carbocycles. The molecule has 1 saturated heterocycles. The summed E-state index contributed by atoms with van der Waals surface area (Å²) in [6, 6.07) is 12.4. The van der Waals surface area contributed by atoms with Crippen LogP contribution in [0, 0.1) is 5.92 Å². The van der Waals surface area contributed by atoms with Crippen molar-refractivity contribution in [1.82, 2.24) is 9.62 Å². The molecule has 6 nitrogen and oxygen atoms in total. The smallest absolute Gasteiger partial charge is 0.223 e. The van der Waals surface area contributed by atoms with Crippen LogP contribution in [0.5, 0.6) is 5.75 Å². The lowest BCUT2D eigenvalue weighted by Crippen LogP contribution is -2.43. The number of carbonyl (C=O) groups excluding carboxylic acids is 1. The Kier molecular flexibility index (Phi) is 8.22. The van der Waals surface area contributed by atoms with Crippen molar-refractivity contribution in [1.29, 1.82) is 0 Å². The minimum absolute atomic E-state index is 0.0525. The van der Waals surface area contributed by atoms with E-state index >= 15 is 0 Å². The Morgan fingerprint density at radius 1 is 1.10 bits per heavy atom. The number of benzene rings is 2. The summed E-state index contributed by atoms with van der Waals surface area (Å²) in [5.74, 6) is 0.376. The van der Waals surface area contributed by atoms with Gasteiger partial charge >= 0.3 is 0 Å². The van der Waals surface area contributed by atoms with E-state index in [9.17, 15) is 13.2 Å². The van der Waals surface area contributed by atoms with Gasteiger partial charge in [-0.25, -0.2) is 12.7 Å². The summed E-state index contributed by atoms with van der Waals surface area (Å²) in [5.41, 5.74) is 1.55. The third-order valence-electron chi connectivity index (χ3n) is 5.23. The number of nitrogens with zero attached hydrogens (tertiary/aromatic N) is 1. The quantitative estimate of drug-likeness (QED) is 0.607. The number of carbonyl (C=O) groups is 1. The summed E-state index contributed by atoms with van der Waals surface area (Å²) in [7, 11) is -3.49. The Labute approximate surface area is 193 Å². The summed E-state index contributed by atoms with van der Waals surface area (Å²) < 4.78 is 32.5. The van der Waals surface area contributed by atoms with E-state index < -0.39 is 10.0 Å². The van der Waals surface area contributed by atoms with E-state index in [2.05, 4.69) is 5.32 Å². The first kappa shape index (κ1) is 23.9. The summed E-state index contributed by atoms with van der Waals surface area (Å²) >= 11 is 11.9. The molecule has 9 heteroatoms. The zero-order valence-electron chi connectivity index (χ0n) is 17.3. The molecule has 1 heterocycles. The first-order valence-corrected chi connectivity index (χ1v) is 12.6. The second-order valence-corrected chi connectivity index (χ2v) is 10.3. The van der Waals surface area contributed by atoms with Crippen molar-refractivity contribution in [3.8, 4) is 5.75 Å². The highest BCUT2D eigenvalue weighted by Gasteiger charge is 2.31. The third-order valence-corrected chi connectivity index (χ3v) is 7.82. The summed E-state index contributed by atoms with van der Waals surface area (Å²) in [5, 5.41) is 3.67. The molecule has 168 valence electrons. The fourth-order valence-electron chi connectivity index (χ4n) is 3.57. The van der Waals surface area contributed by atoms with Crippen LogP contribution in [-0.2, 0) is 27.1 Å². The van der Waals surface area contributed by atoms with Crippen LogP contribution in [0.4, 0.5) is 0 Å². The molecule has 2 aromatic carbocycles. The monoisotopic (exact) mass is 484 g/mol. The molecule has 3 rings (SSSR count). The molecule has 31 heavy (non-hydrogen) atoms. The Morgan fingerprint density at radius 2 is 1.84 bits per heavy atom. The minimum atomic E-state index is -3.49. The Bertz CT molecular complexity index is 1020. The molecule has 1 N–H and O–H groups in total. The molecule has 2 aromatic rings. The number of amides is 1. The highest BCUT2D eigenvalue weighted by atomic mass is 35.5. The number of hydrogen-bond acceptors (Lipinski definition) is 4. The molecule has 0 radical (unpaired) electrons. The van der Waals surface area contributed by atoms with Gasteiger partial charge in [0.2, 0.25) is 15.9 Å². The van der Waals surface area contributed by atoms with Gasteiger partial charge in [-0.1, -0.05) is 41.4 Å². The SMILES string of the molecule is CCOc1cccc(CNC(=O)C2CCN(S(=O)(=O)Cc3ccc(Cl)c(Cl)c3)CC2)c1. The van der Waals surface area contributed by atoms with Gasteiger partial charge in [-0.05, 0) is 55.2 Å². The molecule has 0 atom stereocenters. The maximum atomic E-state index is 12.8. The van der Waals surface area contributed by atoms with E-state index in [1.807, 2.05) is 31.2 Å². The number of hydrogen-bond donors (Lipinski definition) is 1. The van der Waals surface area contributed by atoms with Crippen molar-refractivity contribution in [2.24, 2.45) is 5.92 Å². The van der Waals surface area contributed by atoms with Crippen LogP contribution in [0.2, 0.25) is 10.0 Å². The van der Waals surface area contributed by atoms with Crippen molar-refractivity contribution in [2.75, 3.05) is 19.7 Å². The molecule has 1 fully saturated rings. The van der Waals surface area contributed by atoms with Gasteiger partial charge in [-0.2, -0.15) is 0 Å². The van der Waals surface area contributed by atoms with Crippen LogP contribution in [0.3, 0.4) is 0 Å². The maximum absolute atomic E-state index is 12.8. The van der Waals surface area contributed by atoms with Crippen LogP contribution < -0.4 is 10.1 Å². The van der Waals surface area contributed by atoms with E-state index in [4.69, 9.17) is 27.9 Å². The average Bonchev–Trinajstić information content (AvgIpc) is 2.75. The zero-order valence-corrected chi connectivity index (χ0v) is 19.6. The first-order chi connectivity index (χ1) is 14.8. The normalized spacial score (nSPS) is 15.6. The van der Waals surface area contributed by atoms with Gasteiger partial charge in [0.05, 0.1) is 22.4 Å². The number of halogens is 2. The van der Waals surface area contributed by atoms with E-state index in [-0.39, 0.29) is 17.6 Å². The van der Waals surface area contributed by atoms with Crippen molar-refractivity contribution >= 4 is 39.1 Å². The van der Waals surface area contributed by atoms with Crippen molar-refractivity contribution in [3.05, 3.63) is 63.6 Å². The average molecular weight is 485 g/mol. The predicted octanol–water partition coefficient (Wildman–Crippen LogP) is 4.25. The number of rotatable bonds is 8. The predicted molar refractivity (Wildman–Crippen MR) is 123 cm³/mol. The molecule has 1 amide bonds. The lowest BCUT2D eigenvalue weighted by molar-refractivity contribution is -0.126. The molecule has 0 unspecified atom stereocenters. The Morgan fingerprint density at radius 3 is 2.52 bits per heavy atom. The maximum Gasteiger partial charge on any atom is 0.223 e. The first-order valence-electron chi connectivity index (χ1n) is 10.2. The fourth-order valence-corrected chi connectivity index (χ4v) is 5.44. The van der Waals surface area contributed by atoms with E-state index in [0.29, 0.717) is 54.7 Å². The topological polar surface area (TPSA) is 75.7 Å². The van der Waals surface area contributed by atoms with E-state index in [1.165, 1.54) is 4.31 Å². The molecule has 0 bridgehead atoms. The van der Waals surface area contributed by atoms with Crippen molar-refractivity contribution in [2.45, 2.75) is 32.1 Å². The largest absolute Gasteiger partial charge is 0.494 e. The van der Waals surface area contributed by atoms with Crippen LogP contribution >= 0.6 is 23.2 Å². The molecule has 0 aromatic heterocycles. The van der Waals surface area contributed by atoms with Gasteiger partial charge in [-0.3, -0.25) is 4.79 Å². The zero-order chi connectivity index (χ0) is 22.4. The fraction of sp³-hybridized carbons (Fsp3) is 0.409. The van der Waals surface area contributed by atoms with Gasteiger partial charge in [0.25, 0.3) is 0 Å². The van der Waals surface area contributed by atoms with Crippen LogP contribution in [-0.4, -0.2) is 38.3 Å². The van der Waals surface area contributed by atoms with Crippen LogP contribution in [0.1, 0.15) is 30.9 Å². The summed E-state index contributed by atoms with van der Waals surface area (Å²) in [6.07, 6.45) is 0.983. The lowest BCUT2D eigenvalue weighted by Gasteiger charge is -2.30. The molecular weight excluding hydrogens is 459 g/mol. The second kappa shape index (κ2) is 10.7. The van der Waals surface area contributed by atoms with Crippen LogP contribution in [0.15, 0.2) is 42.5 Å². The van der Waals surface area contributed by atoms with Gasteiger partial charge in [0.15, 0.2) is 0 Å². The number of ether oxygens (including phenoxy) is 1. The van der Waals surface area contributed by atoms with Gasteiger partial charge in [0, 0.05) is 25.6 Å². The summed E-state index contributed by atoms with van der Waals surface area (Å²) in [6.45, 7) is 3.56. The number of sulfonamides is 1.